The highest BCUT2D eigenvalue weighted by atomic mass is 16.2. The number of nitrogens with one attached hydrogen (secondary N) is 1. The minimum atomic E-state index is 0.0190. The molecule has 3 aliphatic heterocycles. The van der Waals surface area contributed by atoms with Gasteiger partial charge >= 0.3 is 0 Å². The van der Waals surface area contributed by atoms with Gasteiger partial charge in [0.15, 0.2) is 0 Å². The van der Waals surface area contributed by atoms with Gasteiger partial charge in [-0.15, -0.1) is 10.2 Å². The molecule has 3 aliphatic rings. The van der Waals surface area contributed by atoms with Crippen LogP contribution in [0.5, 0.6) is 0 Å². The lowest BCUT2D eigenvalue weighted by atomic mass is 9.77. The van der Waals surface area contributed by atoms with E-state index in [1.807, 2.05) is 29.2 Å². The van der Waals surface area contributed by atoms with Crippen LogP contribution in [-0.2, 0) is 16.6 Å². The molecule has 2 bridgehead atoms. The molecule has 0 saturated carbocycles. The third-order valence-electron chi connectivity index (χ3n) is 9.02. The molecule has 0 radical (unpaired) electrons. The van der Waals surface area contributed by atoms with Crippen LogP contribution in [0.3, 0.4) is 0 Å². The monoisotopic (exact) mass is 549 g/mol. The van der Waals surface area contributed by atoms with Crippen LogP contribution in [0, 0.1) is 23.7 Å². The first-order valence-corrected chi connectivity index (χ1v) is 14.9. The predicted molar refractivity (Wildman–Crippen MR) is 151 cm³/mol. The fourth-order valence-electron chi connectivity index (χ4n) is 6.82. The standard InChI is InChI=1S/C30H43N7O3/c1-19(2)25-13-8-20(3)14-28(39)37-17-21-15-24(26(37)6-5-7-27(38)31-25)18-36(16-21)30(40)23-11-9-22(10-12-23)29-32-34-35(4)33-29/h9-12,19-21,24-26H,5-8,13-18H2,1-4H3,(H,31,38)/t20-,21+,24+,25+,26+/m1/s1. The molecule has 0 aliphatic carbocycles. The molecule has 0 spiro atoms. The Bertz CT molecular complexity index is 1210. The number of carbonyl (C=O) groups is 3. The van der Waals surface area contributed by atoms with Gasteiger partial charge in [0.1, 0.15) is 0 Å². The Morgan fingerprint density at radius 1 is 1.05 bits per heavy atom. The Labute approximate surface area is 236 Å². The summed E-state index contributed by atoms with van der Waals surface area (Å²) < 4.78 is 0. The summed E-state index contributed by atoms with van der Waals surface area (Å²) in [6, 6.07) is 7.60. The smallest absolute Gasteiger partial charge is 0.253 e. The minimum Gasteiger partial charge on any atom is -0.353 e. The third-order valence-corrected chi connectivity index (χ3v) is 9.02. The summed E-state index contributed by atoms with van der Waals surface area (Å²) in [7, 11) is 1.72. The number of aromatic nitrogens is 4. The van der Waals surface area contributed by atoms with Crippen molar-refractivity contribution in [2.75, 3.05) is 19.6 Å². The first-order chi connectivity index (χ1) is 19.2. The molecule has 5 atom stereocenters. The summed E-state index contributed by atoms with van der Waals surface area (Å²) >= 11 is 0. The van der Waals surface area contributed by atoms with E-state index >= 15 is 0 Å². The van der Waals surface area contributed by atoms with E-state index in [1.165, 1.54) is 4.80 Å². The second-order valence-electron chi connectivity index (χ2n) is 12.6. The summed E-state index contributed by atoms with van der Waals surface area (Å²) in [5.74, 6) is 2.02. The van der Waals surface area contributed by atoms with E-state index in [1.54, 1.807) is 7.05 Å². The zero-order valence-electron chi connectivity index (χ0n) is 24.3. The summed E-state index contributed by atoms with van der Waals surface area (Å²) in [6.07, 6.45) is 5.40. The Morgan fingerprint density at radius 3 is 2.52 bits per heavy atom. The van der Waals surface area contributed by atoms with Crippen molar-refractivity contribution in [3.63, 3.8) is 0 Å². The molecule has 1 aromatic carbocycles. The van der Waals surface area contributed by atoms with Gasteiger partial charge in [-0.1, -0.05) is 32.9 Å². The molecule has 10 nitrogen and oxygen atoms in total. The highest BCUT2D eigenvalue weighted by molar-refractivity contribution is 5.94. The van der Waals surface area contributed by atoms with Gasteiger partial charge < -0.3 is 15.1 Å². The van der Waals surface area contributed by atoms with Crippen LogP contribution in [-0.4, -0.2) is 79.4 Å². The number of fused-ring (bicyclic) bond motifs is 4. The molecule has 4 heterocycles. The van der Waals surface area contributed by atoms with E-state index in [0.29, 0.717) is 49.8 Å². The van der Waals surface area contributed by atoms with Gasteiger partial charge in [0, 0.05) is 55.7 Å². The first kappa shape index (κ1) is 28.2. The number of nitrogens with zero attached hydrogens (tertiary/aromatic N) is 6. The fourth-order valence-corrected chi connectivity index (χ4v) is 6.82. The van der Waals surface area contributed by atoms with Crippen LogP contribution in [0.1, 0.15) is 76.1 Å². The van der Waals surface area contributed by atoms with Crippen LogP contribution in [0.25, 0.3) is 11.4 Å². The molecule has 216 valence electrons. The molecule has 1 N–H and O–H groups in total. The summed E-state index contributed by atoms with van der Waals surface area (Å²) in [6.45, 7) is 8.44. The summed E-state index contributed by atoms with van der Waals surface area (Å²) in [5.41, 5.74) is 1.46. The molecular weight excluding hydrogens is 506 g/mol. The highest BCUT2D eigenvalue weighted by Crippen LogP contribution is 2.37. The first-order valence-electron chi connectivity index (χ1n) is 14.9. The Morgan fingerprint density at radius 2 is 1.82 bits per heavy atom. The maximum atomic E-state index is 13.6. The van der Waals surface area contributed by atoms with Gasteiger partial charge in [-0.05, 0) is 73.1 Å². The second-order valence-corrected chi connectivity index (χ2v) is 12.6. The van der Waals surface area contributed by atoms with Crippen molar-refractivity contribution in [3.8, 4) is 11.4 Å². The van der Waals surface area contributed by atoms with Crippen LogP contribution in [0.4, 0.5) is 0 Å². The number of carbonyl (C=O) groups excluding carboxylic acids is 3. The molecule has 0 unspecified atom stereocenters. The van der Waals surface area contributed by atoms with Crippen LogP contribution >= 0.6 is 0 Å². The number of piperidine rings is 2. The number of hydrogen-bond acceptors (Lipinski definition) is 6. The highest BCUT2D eigenvalue weighted by Gasteiger charge is 2.43. The number of amides is 3. The van der Waals surface area contributed by atoms with E-state index in [0.717, 1.165) is 37.7 Å². The number of hydrogen-bond donors (Lipinski definition) is 1. The Balaban J connectivity index is 1.29. The quantitative estimate of drug-likeness (QED) is 0.629. The summed E-state index contributed by atoms with van der Waals surface area (Å²) in [5, 5.41) is 15.4. The van der Waals surface area contributed by atoms with Crippen molar-refractivity contribution in [1.29, 1.82) is 0 Å². The minimum absolute atomic E-state index is 0.0190. The average molecular weight is 550 g/mol. The van der Waals surface area contributed by atoms with E-state index in [-0.39, 0.29) is 47.6 Å². The fraction of sp³-hybridized carbons (Fsp3) is 0.667. The van der Waals surface area contributed by atoms with Gasteiger partial charge in [-0.3, -0.25) is 14.4 Å². The van der Waals surface area contributed by atoms with Crippen molar-refractivity contribution in [1.82, 2.24) is 35.3 Å². The molecule has 40 heavy (non-hydrogen) atoms. The SMILES string of the molecule is CC(C)[C@@H]1CC[C@@H](C)CC(=O)N2C[C@H]3C[C@@H](CN(C(=O)c4ccc(-c5nnn(C)n5)cc4)C3)[C@@H]2CCCC(=O)N1. The zero-order valence-corrected chi connectivity index (χ0v) is 24.3. The van der Waals surface area contributed by atoms with E-state index in [4.69, 9.17) is 0 Å². The van der Waals surface area contributed by atoms with E-state index in [2.05, 4.69) is 46.4 Å². The summed E-state index contributed by atoms with van der Waals surface area (Å²) in [4.78, 5) is 45.5. The van der Waals surface area contributed by atoms with Crippen molar-refractivity contribution in [2.45, 2.75) is 77.8 Å². The van der Waals surface area contributed by atoms with Gasteiger partial charge in [0.05, 0.1) is 7.05 Å². The second kappa shape index (κ2) is 12.1. The van der Waals surface area contributed by atoms with Crippen molar-refractivity contribution >= 4 is 17.7 Å². The lowest BCUT2D eigenvalue weighted by molar-refractivity contribution is -0.141. The normalized spacial score (nSPS) is 28.3. The molecule has 3 saturated heterocycles. The number of tetrazole rings is 1. The number of likely N-dealkylation sites (tertiary alicyclic amines) is 1. The van der Waals surface area contributed by atoms with Crippen molar-refractivity contribution in [2.24, 2.45) is 30.7 Å². The van der Waals surface area contributed by atoms with Crippen LogP contribution in [0.2, 0.25) is 0 Å². The van der Waals surface area contributed by atoms with Gasteiger partial charge in [0.2, 0.25) is 17.6 Å². The lowest BCUT2D eigenvalue weighted by Crippen LogP contribution is -2.60. The molecule has 5 rings (SSSR count). The molecule has 3 fully saturated rings. The Hall–Kier alpha value is -3.30. The van der Waals surface area contributed by atoms with Crippen LogP contribution in [0.15, 0.2) is 24.3 Å². The Kier molecular flexibility index (Phi) is 8.51. The van der Waals surface area contributed by atoms with E-state index < -0.39 is 0 Å². The average Bonchev–Trinajstić information content (AvgIpc) is 3.37. The molecule has 2 aromatic rings. The lowest BCUT2D eigenvalue weighted by Gasteiger charge is -2.51. The predicted octanol–water partition coefficient (Wildman–Crippen LogP) is 3.30. The molecule has 3 amide bonds. The van der Waals surface area contributed by atoms with Crippen molar-refractivity contribution in [3.05, 3.63) is 29.8 Å². The number of aryl methyl sites for hydroxylation is 1. The maximum absolute atomic E-state index is 13.6. The largest absolute Gasteiger partial charge is 0.353 e. The molecule has 10 heteroatoms. The topological polar surface area (TPSA) is 113 Å². The van der Waals surface area contributed by atoms with Crippen LogP contribution < -0.4 is 5.32 Å². The number of benzene rings is 1. The third kappa shape index (κ3) is 6.36. The molecule has 1 aromatic heterocycles. The maximum Gasteiger partial charge on any atom is 0.253 e. The molecular formula is C30H43N7O3. The van der Waals surface area contributed by atoms with Gasteiger partial charge in [-0.25, -0.2) is 0 Å². The van der Waals surface area contributed by atoms with Gasteiger partial charge in [-0.2, -0.15) is 4.80 Å². The zero-order chi connectivity index (χ0) is 28.4. The van der Waals surface area contributed by atoms with E-state index in [9.17, 15) is 14.4 Å². The van der Waals surface area contributed by atoms with Crippen molar-refractivity contribution < 1.29 is 14.4 Å². The number of rotatable bonds is 3. The van der Waals surface area contributed by atoms with Gasteiger partial charge in [0.25, 0.3) is 5.91 Å².